The molecular weight excluding hydrogens is 284 g/mol. The van der Waals surface area contributed by atoms with Crippen molar-refractivity contribution in [3.8, 4) is 11.3 Å². The van der Waals surface area contributed by atoms with E-state index < -0.39 is 10.9 Å². The van der Waals surface area contributed by atoms with Crippen LogP contribution in [0.15, 0.2) is 29.6 Å². The van der Waals surface area contributed by atoms with Gasteiger partial charge in [-0.1, -0.05) is 12.1 Å². The molecule has 2 heterocycles. The zero-order chi connectivity index (χ0) is 14.3. The van der Waals surface area contributed by atoms with Crippen molar-refractivity contribution in [3.05, 3.63) is 45.6 Å². The fourth-order valence-electron chi connectivity index (χ4n) is 1.84. The maximum Gasteiger partial charge on any atom is 0.374 e. The van der Waals surface area contributed by atoms with Crippen molar-refractivity contribution in [2.24, 2.45) is 0 Å². The summed E-state index contributed by atoms with van der Waals surface area (Å²) in [5, 5.41) is 28.9. The molecule has 0 saturated carbocycles. The minimum Gasteiger partial charge on any atom is -0.475 e. The summed E-state index contributed by atoms with van der Waals surface area (Å²) in [4.78, 5) is 21.8. The van der Waals surface area contributed by atoms with Gasteiger partial charge in [0.05, 0.1) is 10.6 Å². The number of nitrogens with zero attached hydrogens (tertiary/aromatic N) is 4. The van der Waals surface area contributed by atoms with Gasteiger partial charge in [0, 0.05) is 23.1 Å². The van der Waals surface area contributed by atoms with Crippen LogP contribution in [0.3, 0.4) is 0 Å². The highest BCUT2D eigenvalue weighted by atomic mass is 32.1. The Labute approximate surface area is 115 Å². The van der Waals surface area contributed by atoms with Gasteiger partial charge in [-0.05, 0) is 0 Å². The number of nitro benzene ring substituents is 1. The van der Waals surface area contributed by atoms with Crippen molar-refractivity contribution in [3.63, 3.8) is 0 Å². The molecule has 9 heteroatoms. The van der Waals surface area contributed by atoms with E-state index in [1.54, 1.807) is 17.5 Å². The van der Waals surface area contributed by atoms with Gasteiger partial charge in [-0.15, -0.1) is 21.5 Å². The van der Waals surface area contributed by atoms with E-state index in [0.717, 1.165) is 0 Å². The van der Waals surface area contributed by atoms with Crippen molar-refractivity contribution in [1.29, 1.82) is 0 Å². The molecule has 20 heavy (non-hydrogen) atoms. The molecule has 0 spiro atoms. The molecule has 3 rings (SSSR count). The standard InChI is InChI=1S/C11H6N4O4S/c16-10(17)9-12-13-11-14(9)8(5-20-11)6-2-1-3-7(4-6)15(18)19/h1-5H,(H,16,17). The minimum atomic E-state index is -1.21. The molecule has 100 valence electrons. The number of carbonyl (C=O) groups is 1. The highest BCUT2D eigenvalue weighted by Gasteiger charge is 2.19. The number of non-ortho nitro benzene ring substituents is 1. The summed E-state index contributed by atoms with van der Waals surface area (Å²) in [5.41, 5.74) is 0.982. The Hall–Kier alpha value is -2.81. The van der Waals surface area contributed by atoms with E-state index in [9.17, 15) is 14.9 Å². The van der Waals surface area contributed by atoms with Crippen molar-refractivity contribution >= 4 is 28.0 Å². The minimum absolute atomic E-state index is 0.0631. The SMILES string of the molecule is O=C(O)c1nnc2scc(-c3cccc([N+](=O)[O-])c3)n12. The monoisotopic (exact) mass is 290 g/mol. The number of nitro groups is 1. The Morgan fingerprint density at radius 3 is 2.90 bits per heavy atom. The number of hydrogen-bond donors (Lipinski definition) is 1. The largest absolute Gasteiger partial charge is 0.475 e. The quantitative estimate of drug-likeness (QED) is 0.584. The molecule has 8 nitrogen and oxygen atoms in total. The lowest BCUT2D eigenvalue weighted by molar-refractivity contribution is -0.384. The molecule has 0 aliphatic carbocycles. The normalized spacial score (nSPS) is 10.8. The summed E-state index contributed by atoms with van der Waals surface area (Å²) >= 11 is 1.22. The van der Waals surface area contributed by atoms with Gasteiger partial charge in [-0.25, -0.2) is 4.79 Å². The maximum atomic E-state index is 11.1. The number of carboxylic acid groups (broad SMARTS) is 1. The first kappa shape index (κ1) is 12.2. The van der Waals surface area contributed by atoms with E-state index >= 15 is 0 Å². The topological polar surface area (TPSA) is 111 Å². The maximum absolute atomic E-state index is 11.1. The molecule has 2 aromatic heterocycles. The molecule has 1 N–H and O–H groups in total. The molecule has 0 bridgehead atoms. The second-order valence-corrected chi connectivity index (χ2v) is 4.71. The van der Waals surface area contributed by atoms with Gasteiger partial charge in [0.1, 0.15) is 0 Å². The van der Waals surface area contributed by atoms with Gasteiger partial charge in [-0.2, -0.15) is 0 Å². The fraction of sp³-hybridized carbons (Fsp3) is 0. The highest BCUT2D eigenvalue weighted by Crippen LogP contribution is 2.28. The summed E-state index contributed by atoms with van der Waals surface area (Å²) in [7, 11) is 0. The highest BCUT2D eigenvalue weighted by molar-refractivity contribution is 7.15. The van der Waals surface area contributed by atoms with Gasteiger partial charge < -0.3 is 5.11 Å². The van der Waals surface area contributed by atoms with E-state index in [2.05, 4.69) is 10.2 Å². The van der Waals surface area contributed by atoms with Crippen LogP contribution in [-0.2, 0) is 0 Å². The predicted octanol–water partition coefficient (Wildman–Crippen LogP) is 2.06. The molecule has 0 fully saturated rings. The lowest BCUT2D eigenvalue weighted by Crippen LogP contribution is -2.04. The lowest BCUT2D eigenvalue weighted by Gasteiger charge is -2.00. The summed E-state index contributed by atoms with van der Waals surface area (Å²) in [6.07, 6.45) is 0. The third-order valence-electron chi connectivity index (χ3n) is 2.69. The van der Waals surface area contributed by atoms with Crippen molar-refractivity contribution in [1.82, 2.24) is 14.6 Å². The van der Waals surface area contributed by atoms with Gasteiger partial charge in [0.2, 0.25) is 10.8 Å². The van der Waals surface area contributed by atoms with E-state index in [0.29, 0.717) is 16.2 Å². The van der Waals surface area contributed by atoms with Gasteiger partial charge >= 0.3 is 5.97 Å². The summed E-state index contributed by atoms with van der Waals surface area (Å²) in [5.74, 6) is -1.43. The molecule has 0 atom stereocenters. The number of aromatic nitrogens is 3. The smallest absolute Gasteiger partial charge is 0.374 e. The number of rotatable bonds is 3. The van der Waals surface area contributed by atoms with Crippen LogP contribution in [0.4, 0.5) is 5.69 Å². The lowest BCUT2D eigenvalue weighted by atomic mass is 10.1. The Bertz CT molecular complexity index is 838. The van der Waals surface area contributed by atoms with Crippen molar-refractivity contribution in [2.45, 2.75) is 0 Å². The molecule has 0 aliphatic rings. The first-order valence-electron chi connectivity index (χ1n) is 5.38. The molecule has 0 saturated heterocycles. The van der Waals surface area contributed by atoms with Crippen LogP contribution in [-0.4, -0.2) is 30.6 Å². The Morgan fingerprint density at radius 1 is 1.40 bits per heavy atom. The third kappa shape index (κ3) is 1.80. The summed E-state index contributed by atoms with van der Waals surface area (Å²) in [6.45, 7) is 0. The number of carboxylic acids is 1. The van der Waals surface area contributed by atoms with Crippen LogP contribution in [0.25, 0.3) is 16.2 Å². The third-order valence-corrected chi connectivity index (χ3v) is 3.51. The fourth-order valence-corrected chi connectivity index (χ4v) is 2.68. The Morgan fingerprint density at radius 2 is 2.20 bits per heavy atom. The Balaban J connectivity index is 2.24. The average molecular weight is 290 g/mol. The van der Waals surface area contributed by atoms with Crippen LogP contribution < -0.4 is 0 Å². The molecular formula is C11H6N4O4S. The van der Waals surface area contributed by atoms with E-state index in [-0.39, 0.29) is 11.5 Å². The molecule has 0 aliphatic heterocycles. The molecule has 0 unspecified atom stereocenters. The van der Waals surface area contributed by atoms with Gasteiger partial charge in [0.15, 0.2) is 0 Å². The second-order valence-electron chi connectivity index (χ2n) is 3.88. The molecule has 0 amide bonds. The average Bonchev–Trinajstić information content (AvgIpc) is 2.99. The first-order chi connectivity index (χ1) is 9.58. The van der Waals surface area contributed by atoms with E-state index in [4.69, 9.17) is 5.11 Å². The van der Waals surface area contributed by atoms with Gasteiger partial charge in [-0.3, -0.25) is 14.5 Å². The predicted molar refractivity (Wildman–Crippen MR) is 69.9 cm³/mol. The van der Waals surface area contributed by atoms with Crippen LogP contribution in [0, 0.1) is 10.1 Å². The molecule has 3 aromatic rings. The van der Waals surface area contributed by atoms with Crippen molar-refractivity contribution < 1.29 is 14.8 Å². The first-order valence-corrected chi connectivity index (χ1v) is 6.26. The summed E-state index contributed by atoms with van der Waals surface area (Å²) in [6, 6.07) is 5.96. The number of aromatic carboxylic acids is 1. The van der Waals surface area contributed by atoms with Crippen LogP contribution >= 0.6 is 11.3 Å². The Kier molecular flexibility index (Phi) is 2.68. The zero-order valence-corrected chi connectivity index (χ0v) is 10.6. The number of thiazole rings is 1. The molecule has 0 radical (unpaired) electrons. The van der Waals surface area contributed by atoms with E-state index in [1.807, 2.05) is 0 Å². The second kappa shape index (κ2) is 4.38. The van der Waals surface area contributed by atoms with Crippen molar-refractivity contribution in [2.75, 3.05) is 0 Å². The molecule has 1 aromatic carbocycles. The van der Waals surface area contributed by atoms with Crippen LogP contribution in [0.1, 0.15) is 10.6 Å². The number of hydrogen-bond acceptors (Lipinski definition) is 6. The van der Waals surface area contributed by atoms with Crippen LogP contribution in [0.2, 0.25) is 0 Å². The van der Waals surface area contributed by atoms with E-state index in [1.165, 1.54) is 27.9 Å². The zero-order valence-electron chi connectivity index (χ0n) is 9.76. The summed E-state index contributed by atoms with van der Waals surface area (Å²) < 4.78 is 1.37. The van der Waals surface area contributed by atoms with Gasteiger partial charge in [0.25, 0.3) is 5.69 Å². The number of fused-ring (bicyclic) bond motifs is 1. The number of benzene rings is 1. The van der Waals surface area contributed by atoms with Crippen LogP contribution in [0.5, 0.6) is 0 Å².